The molecule has 1 fully saturated rings. The highest BCUT2D eigenvalue weighted by molar-refractivity contribution is 7.92. The van der Waals surface area contributed by atoms with Crippen LogP contribution in [0.15, 0.2) is 77.7 Å². The molecule has 1 aliphatic rings. The molecule has 1 saturated carbocycles. The molecule has 3 aromatic rings. The summed E-state index contributed by atoms with van der Waals surface area (Å²) in [5, 5.41) is 3.10. The van der Waals surface area contributed by atoms with Crippen molar-refractivity contribution in [2.24, 2.45) is 0 Å². The predicted molar refractivity (Wildman–Crippen MR) is 158 cm³/mol. The normalized spacial score (nSPS) is 14.5. The molecule has 7 nitrogen and oxygen atoms in total. The quantitative estimate of drug-likeness (QED) is 0.365. The van der Waals surface area contributed by atoms with Crippen molar-refractivity contribution >= 4 is 27.5 Å². The van der Waals surface area contributed by atoms with Gasteiger partial charge in [0.2, 0.25) is 11.8 Å². The number of amides is 2. The van der Waals surface area contributed by atoms with Crippen molar-refractivity contribution in [2.45, 2.75) is 76.9 Å². The first kappa shape index (κ1) is 29.3. The third kappa shape index (κ3) is 7.10. The second-order valence-electron chi connectivity index (χ2n) is 10.8. The van der Waals surface area contributed by atoms with Gasteiger partial charge in [-0.1, -0.05) is 66.9 Å². The molecule has 40 heavy (non-hydrogen) atoms. The fourth-order valence-electron chi connectivity index (χ4n) is 5.22. The molecule has 1 aliphatic carbocycles. The topological polar surface area (TPSA) is 86.8 Å². The zero-order valence-corrected chi connectivity index (χ0v) is 24.6. The lowest BCUT2D eigenvalue weighted by atomic mass is 10.1. The number of nitrogens with one attached hydrogen (secondary N) is 1. The monoisotopic (exact) mass is 561 g/mol. The number of carbonyl (C=O) groups is 2. The highest BCUT2D eigenvalue weighted by Crippen LogP contribution is 2.27. The molecule has 1 N–H and O–H groups in total. The lowest BCUT2D eigenvalue weighted by Gasteiger charge is -2.32. The van der Waals surface area contributed by atoms with Crippen LogP contribution in [0, 0.1) is 20.8 Å². The van der Waals surface area contributed by atoms with Crippen LogP contribution in [0.25, 0.3) is 0 Å². The van der Waals surface area contributed by atoms with Crippen molar-refractivity contribution in [3.05, 3.63) is 95.1 Å². The number of hydrogen-bond acceptors (Lipinski definition) is 4. The summed E-state index contributed by atoms with van der Waals surface area (Å²) in [7, 11) is -4.09. The van der Waals surface area contributed by atoms with Crippen molar-refractivity contribution in [3.63, 3.8) is 0 Å². The molecule has 8 heteroatoms. The van der Waals surface area contributed by atoms with Gasteiger partial charge in [-0.3, -0.25) is 13.9 Å². The molecule has 0 spiro atoms. The van der Waals surface area contributed by atoms with Gasteiger partial charge in [0.1, 0.15) is 12.6 Å². The van der Waals surface area contributed by atoms with E-state index >= 15 is 0 Å². The summed E-state index contributed by atoms with van der Waals surface area (Å²) in [5.74, 6) is -0.678. The van der Waals surface area contributed by atoms with Crippen LogP contribution in [0.2, 0.25) is 0 Å². The maximum atomic E-state index is 14.1. The molecule has 0 aromatic heterocycles. The van der Waals surface area contributed by atoms with Crippen LogP contribution in [0.3, 0.4) is 0 Å². The summed E-state index contributed by atoms with van der Waals surface area (Å²) in [4.78, 5) is 28.9. The predicted octanol–water partition coefficient (Wildman–Crippen LogP) is 5.28. The van der Waals surface area contributed by atoms with E-state index in [0.29, 0.717) is 5.69 Å². The summed E-state index contributed by atoms with van der Waals surface area (Å²) >= 11 is 0. The first-order chi connectivity index (χ1) is 19.0. The SMILES string of the molecule is Cc1ccc(S(=O)(=O)N(CC(=O)N(Cc2ccccc2)[C@@H](C)C(=O)NC2CCCC2)c2cc(C)cc(C)c2)cc1. The van der Waals surface area contributed by atoms with Gasteiger partial charge < -0.3 is 10.2 Å². The van der Waals surface area contributed by atoms with Gasteiger partial charge in [-0.25, -0.2) is 8.42 Å². The Hall–Kier alpha value is -3.65. The van der Waals surface area contributed by atoms with Crippen LogP contribution in [0.1, 0.15) is 54.9 Å². The van der Waals surface area contributed by atoms with Crippen molar-refractivity contribution in [1.82, 2.24) is 10.2 Å². The lowest BCUT2D eigenvalue weighted by molar-refractivity contribution is -0.139. The molecular weight excluding hydrogens is 522 g/mol. The average molecular weight is 562 g/mol. The van der Waals surface area contributed by atoms with Gasteiger partial charge in [-0.2, -0.15) is 0 Å². The third-order valence-electron chi connectivity index (χ3n) is 7.45. The number of nitrogens with zero attached hydrogens (tertiary/aromatic N) is 2. The Kier molecular flexibility index (Phi) is 9.30. The van der Waals surface area contributed by atoms with Crippen molar-refractivity contribution < 1.29 is 18.0 Å². The van der Waals surface area contributed by atoms with E-state index < -0.39 is 28.5 Å². The van der Waals surface area contributed by atoms with E-state index in [1.807, 2.05) is 57.2 Å². The molecule has 0 saturated heterocycles. The maximum Gasteiger partial charge on any atom is 0.264 e. The molecule has 3 aromatic carbocycles. The Morgan fingerprint density at radius 3 is 2.08 bits per heavy atom. The summed E-state index contributed by atoms with van der Waals surface area (Å²) < 4.78 is 29.2. The van der Waals surface area contributed by atoms with Crippen LogP contribution in [0.5, 0.6) is 0 Å². The Bertz CT molecular complexity index is 1410. The molecular formula is C32H39N3O4S. The van der Waals surface area contributed by atoms with Gasteiger partial charge >= 0.3 is 0 Å². The van der Waals surface area contributed by atoms with Crippen molar-refractivity contribution in [2.75, 3.05) is 10.8 Å². The van der Waals surface area contributed by atoms with Crippen LogP contribution < -0.4 is 9.62 Å². The number of sulfonamides is 1. The third-order valence-corrected chi connectivity index (χ3v) is 9.23. The van der Waals surface area contributed by atoms with E-state index in [1.165, 1.54) is 9.21 Å². The Labute approximate surface area is 238 Å². The number of hydrogen-bond donors (Lipinski definition) is 1. The molecule has 0 unspecified atom stereocenters. The zero-order valence-electron chi connectivity index (χ0n) is 23.8. The maximum absolute atomic E-state index is 14.1. The lowest BCUT2D eigenvalue weighted by Crippen LogP contribution is -2.52. The molecule has 0 radical (unpaired) electrons. The number of aryl methyl sites for hydroxylation is 3. The second-order valence-corrected chi connectivity index (χ2v) is 12.7. The molecule has 0 aliphatic heterocycles. The summed E-state index contributed by atoms with van der Waals surface area (Å²) in [6.45, 7) is 7.14. The van der Waals surface area contributed by atoms with Crippen molar-refractivity contribution in [3.8, 4) is 0 Å². The first-order valence-corrected chi connectivity index (χ1v) is 15.3. The van der Waals surface area contributed by atoms with Gasteiger partial charge in [-0.15, -0.1) is 0 Å². The number of anilines is 1. The fraction of sp³-hybridized carbons (Fsp3) is 0.375. The van der Waals surface area contributed by atoms with Gasteiger partial charge in [0.15, 0.2) is 0 Å². The number of rotatable bonds is 10. The molecule has 1 atom stereocenters. The van der Waals surface area contributed by atoms with Gasteiger partial charge in [0.25, 0.3) is 10.0 Å². The molecule has 0 bridgehead atoms. The minimum absolute atomic E-state index is 0.103. The summed E-state index contributed by atoms with van der Waals surface area (Å²) in [6, 6.07) is 20.9. The first-order valence-electron chi connectivity index (χ1n) is 13.9. The minimum Gasteiger partial charge on any atom is -0.352 e. The molecule has 0 heterocycles. The Morgan fingerprint density at radius 1 is 0.875 bits per heavy atom. The molecule has 2 amide bonds. The molecule has 212 valence electrons. The average Bonchev–Trinajstić information content (AvgIpc) is 3.43. The highest BCUT2D eigenvalue weighted by Gasteiger charge is 2.33. The van der Waals surface area contributed by atoms with E-state index in [9.17, 15) is 18.0 Å². The van der Waals surface area contributed by atoms with Crippen molar-refractivity contribution in [1.29, 1.82) is 0 Å². The highest BCUT2D eigenvalue weighted by atomic mass is 32.2. The van der Waals surface area contributed by atoms with E-state index in [-0.39, 0.29) is 23.4 Å². The van der Waals surface area contributed by atoms with E-state index in [4.69, 9.17) is 0 Å². The van der Waals surface area contributed by atoms with Gasteiger partial charge in [-0.05, 0) is 81.5 Å². The van der Waals surface area contributed by atoms with Crippen LogP contribution >= 0.6 is 0 Å². The smallest absolute Gasteiger partial charge is 0.264 e. The zero-order chi connectivity index (χ0) is 28.9. The summed E-state index contributed by atoms with van der Waals surface area (Å²) in [5.41, 5.74) is 3.97. The number of carbonyl (C=O) groups excluding carboxylic acids is 2. The Morgan fingerprint density at radius 2 is 1.48 bits per heavy atom. The van der Waals surface area contributed by atoms with E-state index in [2.05, 4.69) is 5.32 Å². The van der Waals surface area contributed by atoms with Gasteiger partial charge in [0, 0.05) is 12.6 Å². The van der Waals surface area contributed by atoms with E-state index in [1.54, 1.807) is 43.3 Å². The summed E-state index contributed by atoms with van der Waals surface area (Å²) in [6.07, 6.45) is 4.02. The molecule has 4 rings (SSSR count). The minimum atomic E-state index is -4.09. The Balaban J connectivity index is 1.70. The van der Waals surface area contributed by atoms with Crippen LogP contribution in [0.4, 0.5) is 5.69 Å². The van der Waals surface area contributed by atoms with Crippen LogP contribution in [-0.4, -0.2) is 43.8 Å². The second kappa shape index (κ2) is 12.7. The standard InChI is InChI=1S/C32H39N3O4S/c1-23-14-16-30(17-15-23)40(38,39)35(29-19-24(2)18-25(3)20-29)22-31(36)34(21-27-10-6-5-7-11-27)26(4)32(37)33-28-12-8-9-13-28/h5-7,10-11,14-20,26,28H,8-9,12-13,21-22H2,1-4H3,(H,33,37)/t26-/m0/s1. The van der Waals surface area contributed by atoms with E-state index in [0.717, 1.165) is 47.9 Å². The largest absolute Gasteiger partial charge is 0.352 e. The van der Waals surface area contributed by atoms with Crippen LogP contribution in [-0.2, 0) is 26.2 Å². The number of benzene rings is 3. The fourth-order valence-corrected chi connectivity index (χ4v) is 6.61. The van der Waals surface area contributed by atoms with Gasteiger partial charge in [0.05, 0.1) is 10.6 Å².